The summed E-state index contributed by atoms with van der Waals surface area (Å²) in [6, 6.07) is 9.63. The number of hydrogen-bond donors (Lipinski definition) is 2. The van der Waals surface area contributed by atoms with Crippen LogP contribution in [0.25, 0.3) is 6.08 Å². The van der Waals surface area contributed by atoms with Gasteiger partial charge in [0, 0.05) is 12.6 Å². The fraction of sp³-hybridized carbons (Fsp3) is 0.364. The summed E-state index contributed by atoms with van der Waals surface area (Å²) >= 11 is 0. The number of nitrogens with zero attached hydrogens (tertiary/aromatic N) is 2. The van der Waals surface area contributed by atoms with Gasteiger partial charge in [0.25, 0.3) is 0 Å². The highest BCUT2D eigenvalue weighted by Gasteiger charge is 2.20. The Hall–Kier alpha value is -3.22. The van der Waals surface area contributed by atoms with Gasteiger partial charge >= 0.3 is 5.97 Å². The van der Waals surface area contributed by atoms with Crippen LogP contribution in [-0.2, 0) is 20.7 Å². The molecule has 0 radical (unpaired) electrons. The van der Waals surface area contributed by atoms with E-state index < -0.39 is 12.0 Å². The molecule has 2 N–H and O–H groups in total. The van der Waals surface area contributed by atoms with Crippen LogP contribution in [0.4, 0.5) is 5.82 Å². The Balaban J connectivity index is 1.93. The molecule has 0 fully saturated rings. The molecule has 1 atom stereocenters. The lowest BCUT2D eigenvalue weighted by Gasteiger charge is -2.20. The maximum Gasteiger partial charge on any atom is 0.330 e. The zero-order chi connectivity index (χ0) is 21.1. The number of rotatable bonds is 10. The minimum absolute atomic E-state index is 0.0638. The molecule has 1 heterocycles. The molecule has 1 aromatic heterocycles. The molecule has 7 heteroatoms. The summed E-state index contributed by atoms with van der Waals surface area (Å²) in [5, 5.41) is 6.16. The van der Waals surface area contributed by atoms with Gasteiger partial charge < -0.3 is 15.4 Å². The molecular weight excluding hydrogens is 368 g/mol. The van der Waals surface area contributed by atoms with Crippen LogP contribution >= 0.6 is 0 Å². The van der Waals surface area contributed by atoms with Crippen molar-refractivity contribution in [3.8, 4) is 0 Å². The number of anilines is 1. The standard InChI is InChI=1S/C22H28N4O3/c1-16(2)13-19(22(28)23-12-11-17-7-5-4-6-8-17)26-20-15-24-18(14-25-20)9-10-21(27)29-3/h4-10,14-16,19H,11-13H2,1-3H3,(H,23,28)(H,25,26)/b10-9+/t19-/m1/s1. The fourth-order valence-corrected chi connectivity index (χ4v) is 2.70. The smallest absolute Gasteiger partial charge is 0.330 e. The van der Waals surface area contributed by atoms with Crippen molar-refractivity contribution < 1.29 is 14.3 Å². The zero-order valence-corrected chi connectivity index (χ0v) is 17.1. The summed E-state index contributed by atoms with van der Waals surface area (Å²) in [5.41, 5.74) is 1.70. The van der Waals surface area contributed by atoms with Gasteiger partial charge in [-0.05, 0) is 30.4 Å². The third kappa shape index (κ3) is 8.13. The summed E-state index contributed by atoms with van der Waals surface area (Å²) < 4.78 is 4.54. The van der Waals surface area contributed by atoms with Gasteiger partial charge in [0.15, 0.2) is 0 Å². The topological polar surface area (TPSA) is 93.2 Å². The van der Waals surface area contributed by atoms with Gasteiger partial charge in [0.1, 0.15) is 11.9 Å². The van der Waals surface area contributed by atoms with Gasteiger partial charge in [0.05, 0.1) is 25.2 Å². The van der Waals surface area contributed by atoms with Crippen LogP contribution in [0.1, 0.15) is 31.5 Å². The highest BCUT2D eigenvalue weighted by atomic mass is 16.5. The van der Waals surface area contributed by atoms with Crippen molar-refractivity contribution in [3.63, 3.8) is 0 Å². The predicted molar refractivity (Wildman–Crippen MR) is 113 cm³/mol. The second kappa shape index (κ2) is 11.6. The third-order valence-corrected chi connectivity index (χ3v) is 4.16. The van der Waals surface area contributed by atoms with E-state index in [0.717, 1.165) is 6.42 Å². The SMILES string of the molecule is COC(=O)/C=C/c1cnc(N[C@H](CC(C)C)C(=O)NCCc2ccccc2)cn1. The highest BCUT2D eigenvalue weighted by molar-refractivity contribution is 5.86. The van der Waals surface area contributed by atoms with Crippen LogP contribution in [0.3, 0.4) is 0 Å². The molecule has 0 aliphatic heterocycles. The molecule has 154 valence electrons. The van der Waals surface area contributed by atoms with E-state index in [1.165, 1.54) is 31.0 Å². The Kier molecular flexibility index (Phi) is 8.82. The summed E-state index contributed by atoms with van der Waals surface area (Å²) in [6.45, 7) is 4.71. The maximum absolute atomic E-state index is 12.7. The van der Waals surface area contributed by atoms with Gasteiger partial charge in [-0.1, -0.05) is 44.2 Å². The molecule has 2 aromatic rings. The molecule has 2 rings (SSSR count). The van der Waals surface area contributed by atoms with E-state index in [-0.39, 0.29) is 5.91 Å². The molecular formula is C22H28N4O3. The Morgan fingerprint density at radius 1 is 1.14 bits per heavy atom. The molecule has 0 aliphatic rings. The van der Waals surface area contributed by atoms with Crippen LogP contribution in [0, 0.1) is 5.92 Å². The lowest BCUT2D eigenvalue weighted by atomic mass is 10.0. The minimum Gasteiger partial charge on any atom is -0.466 e. The van der Waals surface area contributed by atoms with E-state index in [0.29, 0.717) is 30.4 Å². The number of amides is 1. The second-order valence-corrected chi connectivity index (χ2v) is 7.04. The fourth-order valence-electron chi connectivity index (χ4n) is 2.70. The van der Waals surface area contributed by atoms with E-state index in [4.69, 9.17) is 0 Å². The van der Waals surface area contributed by atoms with Crippen molar-refractivity contribution in [2.75, 3.05) is 19.0 Å². The van der Waals surface area contributed by atoms with Crippen molar-refractivity contribution in [1.82, 2.24) is 15.3 Å². The van der Waals surface area contributed by atoms with Gasteiger partial charge in [-0.15, -0.1) is 0 Å². The molecule has 0 unspecified atom stereocenters. The first-order chi connectivity index (χ1) is 14.0. The van der Waals surface area contributed by atoms with Crippen molar-refractivity contribution in [1.29, 1.82) is 0 Å². The van der Waals surface area contributed by atoms with Crippen molar-refractivity contribution in [3.05, 3.63) is 60.1 Å². The lowest BCUT2D eigenvalue weighted by Crippen LogP contribution is -2.41. The van der Waals surface area contributed by atoms with Gasteiger partial charge in [-0.2, -0.15) is 0 Å². The maximum atomic E-state index is 12.7. The molecule has 29 heavy (non-hydrogen) atoms. The first-order valence-corrected chi connectivity index (χ1v) is 9.64. The first-order valence-electron chi connectivity index (χ1n) is 9.64. The van der Waals surface area contributed by atoms with Crippen LogP contribution in [0.2, 0.25) is 0 Å². The van der Waals surface area contributed by atoms with Crippen LogP contribution in [0.15, 0.2) is 48.8 Å². The number of carbonyl (C=O) groups is 2. The summed E-state index contributed by atoms with van der Waals surface area (Å²) in [7, 11) is 1.31. The number of aromatic nitrogens is 2. The largest absolute Gasteiger partial charge is 0.466 e. The van der Waals surface area contributed by atoms with Crippen LogP contribution in [-0.4, -0.2) is 41.5 Å². The Bertz CT molecular complexity index is 805. The molecule has 1 aromatic carbocycles. The molecule has 0 aliphatic carbocycles. The third-order valence-electron chi connectivity index (χ3n) is 4.16. The average Bonchev–Trinajstić information content (AvgIpc) is 2.72. The summed E-state index contributed by atoms with van der Waals surface area (Å²) in [5.74, 6) is 0.316. The second-order valence-electron chi connectivity index (χ2n) is 7.04. The van der Waals surface area contributed by atoms with Crippen molar-refractivity contribution in [2.45, 2.75) is 32.7 Å². The number of carbonyl (C=O) groups excluding carboxylic acids is 2. The molecule has 0 bridgehead atoms. The monoisotopic (exact) mass is 396 g/mol. The quantitative estimate of drug-likeness (QED) is 0.474. The zero-order valence-electron chi connectivity index (χ0n) is 17.1. The van der Waals surface area contributed by atoms with E-state index in [1.807, 2.05) is 30.3 Å². The van der Waals surface area contributed by atoms with Crippen LogP contribution < -0.4 is 10.6 Å². The van der Waals surface area contributed by atoms with E-state index >= 15 is 0 Å². The van der Waals surface area contributed by atoms with Gasteiger partial charge in [-0.3, -0.25) is 9.78 Å². The van der Waals surface area contributed by atoms with Gasteiger partial charge in [-0.25, -0.2) is 9.78 Å². The van der Waals surface area contributed by atoms with E-state index in [1.54, 1.807) is 6.20 Å². The Morgan fingerprint density at radius 3 is 2.52 bits per heavy atom. The number of ether oxygens (including phenoxy) is 1. The normalized spacial score (nSPS) is 12.0. The van der Waals surface area contributed by atoms with Crippen LogP contribution in [0.5, 0.6) is 0 Å². The summed E-state index contributed by atoms with van der Waals surface area (Å²) in [4.78, 5) is 32.3. The first kappa shape index (κ1) is 22.1. The van der Waals surface area contributed by atoms with E-state index in [2.05, 4.69) is 39.2 Å². The highest BCUT2D eigenvalue weighted by Crippen LogP contribution is 2.11. The average molecular weight is 396 g/mol. The number of hydrogen-bond acceptors (Lipinski definition) is 6. The Labute approximate surface area is 171 Å². The predicted octanol–water partition coefficient (Wildman–Crippen LogP) is 2.85. The minimum atomic E-state index is -0.460. The molecule has 0 spiro atoms. The molecule has 1 amide bonds. The Morgan fingerprint density at radius 2 is 1.90 bits per heavy atom. The van der Waals surface area contributed by atoms with E-state index in [9.17, 15) is 9.59 Å². The van der Waals surface area contributed by atoms with Crippen molar-refractivity contribution >= 4 is 23.8 Å². The van der Waals surface area contributed by atoms with Gasteiger partial charge in [0.2, 0.25) is 5.91 Å². The molecule has 0 saturated carbocycles. The number of nitrogens with one attached hydrogen (secondary N) is 2. The molecule has 7 nitrogen and oxygen atoms in total. The lowest BCUT2D eigenvalue weighted by molar-refractivity contribution is -0.134. The molecule has 0 saturated heterocycles. The number of methoxy groups -OCH3 is 1. The number of benzene rings is 1. The van der Waals surface area contributed by atoms with Crippen molar-refractivity contribution in [2.24, 2.45) is 5.92 Å². The summed E-state index contributed by atoms with van der Waals surface area (Å²) in [6.07, 6.45) is 7.32. The number of esters is 1.